The third-order valence-electron chi connectivity index (χ3n) is 5.17. The lowest BCUT2D eigenvalue weighted by Gasteiger charge is -2.35. The fourth-order valence-electron chi connectivity index (χ4n) is 3.74. The van der Waals surface area contributed by atoms with Gasteiger partial charge in [0.1, 0.15) is 11.6 Å². The molecule has 4 rings (SSSR count). The summed E-state index contributed by atoms with van der Waals surface area (Å²) in [6.07, 6.45) is 1.71. The zero-order valence-corrected chi connectivity index (χ0v) is 16.2. The van der Waals surface area contributed by atoms with Crippen LogP contribution in [0.1, 0.15) is 24.1 Å². The van der Waals surface area contributed by atoms with Crippen molar-refractivity contribution in [2.75, 3.05) is 18.4 Å². The number of nitrogens with one attached hydrogen (secondary N) is 2. The minimum atomic E-state index is -0.665. The minimum Gasteiger partial charge on any atom is -0.374 e. The minimum absolute atomic E-state index is 0.0620. The number of aromatic nitrogens is 2. The molecule has 1 aliphatic heterocycles. The highest BCUT2D eigenvalue weighted by atomic mass is 35.5. The molecular formula is C20H17ClF2N4O2. The summed E-state index contributed by atoms with van der Waals surface area (Å²) in [5.41, 5.74) is 1.17. The molecule has 1 aliphatic rings. The molecule has 150 valence electrons. The number of fused-ring (bicyclic) bond motifs is 2. The average Bonchev–Trinajstić information content (AvgIpc) is 2.66. The Balaban J connectivity index is 1.52. The van der Waals surface area contributed by atoms with Crippen LogP contribution in [0.3, 0.4) is 0 Å². The number of anilines is 1. The molecule has 2 aromatic carbocycles. The van der Waals surface area contributed by atoms with Crippen LogP contribution in [0.2, 0.25) is 5.02 Å². The van der Waals surface area contributed by atoms with Crippen LogP contribution in [-0.2, 0) is 11.2 Å². The van der Waals surface area contributed by atoms with E-state index in [1.807, 2.05) is 0 Å². The molecule has 0 spiro atoms. The number of benzene rings is 2. The maximum atomic E-state index is 14.4. The Kier molecular flexibility index (Phi) is 4.96. The van der Waals surface area contributed by atoms with Crippen molar-refractivity contribution in [3.05, 3.63) is 68.7 Å². The van der Waals surface area contributed by atoms with Crippen LogP contribution in [0.4, 0.5) is 14.5 Å². The van der Waals surface area contributed by atoms with Gasteiger partial charge in [-0.15, -0.1) is 0 Å². The molecule has 2 heterocycles. The smallest absolute Gasteiger partial charge is 0.258 e. The van der Waals surface area contributed by atoms with Crippen molar-refractivity contribution in [1.29, 1.82) is 0 Å². The molecule has 1 amide bonds. The monoisotopic (exact) mass is 418 g/mol. The van der Waals surface area contributed by atoms with Gasteiger partial charge in [-0.05, 0) is 43.2 Å². The fourth-order valence-corrected chi connectivity index (χ4v) is 3.97. The highest BCUT2D eigenvalue weighted by Crippen LogP contribution is 2.33. The number of halogens is 3. The SMILES string of the molecule is CC1c2c(F)cc(Cl)cc2CCN1C(=O)CNc1cc2nc[nH]c(=O)c2cc1F. The molecule has 2 N–H and O–H groups in total. The quantitative estimate of drug-likeness (QED) is 0.683. The molecule has 0 aliphatic carbocycles. The van der Waals surface area contributed by atoms with Crippen molar-refractivity contribution < 1.29 is 13.6 Å². The first-order chi connectivity index (χ1) is 13.8. The Hall–Kier alpha value is -3.00. The third-order valence-corrected chi connectivity index (χ3v) is 5.39. The number of carbonyl (C=O) groups excluding carboxylic acids is 1. The summed E-state index contributed by atoms with van der Waals surface area (Å²) in [5.74, 6) is -1.40. The highest BCUT2D eigenvalue weighted by Gasteiger charge is 2.30. The standard InChI is InChI=1S/C20H17ClF2N4O2/c1-10-19-11(4-12(21)5-15(19)23)2-3-27(10)18(28)8-24-17-7-16-13(6-14(17)22)20(29)26-9-25-16/h4-7,9-10,24H,2-3,8H2,1H3,(H,25,26,29). The molecule has 0 bridgehead atoms. The van der Waals surface area contributed by atoms with Gasteiger partial charge < -0.3 is 15.2 Å². The number of hydrogen-bond donors (Lipinski definition) is 2. The fraction of sp³-hybridized carbons (Fsp3) is 0.250. The van der Waals surface area contributed by atoms with E-state index in [0.29, 0.717) is 29.1 Å². The summed E-state index contributed by atoms with van der Waals surface area (Å²) in [7, 11) is 0. The Morgan fingerprint density at radius 2 is 2.10 bits per heavy atom. The van der Waals surface area contributed by atoms with Gasteiger partial charge in [0.2, 0.25) is 5.91 Å². The van der Waals surface area contributed by atoms with Crippen molar-refractivity contribution in [1.82, 2.24) is 14.9 Å². The second-order valence-electron chi connectivity index (χ2n) is 6.91. The zero-order chi connectivity index (χ0) is 20.7. The molecule has 1 aromatic heterocycles. The van der Waals surface area contributed by atoms with Crippen LogP contribution in [0, 0.1) is 11.6 Å². The number of hydrogen-bond acceptors (Lipinski definition) is 4. The molecule has 29 heavy (non-hydrogen) atoms. The molecule has 0 fully saturated rings. The summed E-state index contributed by atoms with van der Waals surface area (Å²) in [4.78, 5) is 32.4. The van der Waals surface area contributed by atoms with E-state index in [1.54, 1.807) is 17.9 Å². The number of rotatable bonds is 3. The van der Waals surface area contributed by atoms with E-state index in [2.05, 4.69) is 15.3 Å². The Morgan fingerprint density at radius 3 is 2.90 bits per heavy atom. The Labute approximate surface area is 169 Å². The van der Waals surface area contributed by atoms with E-state index in [1.165, 1.54) is 18.5 Å². The van der Waals surface area contributed by atoms with Crippen LogP contribution < -0.4 is 10.9 Å². The predicted octanol–water partition coefficient (Wildman–Crippen LogP) is 3.41. The van der Waals surface area contributed by atoms with E-state index in [4.69, 9.17) is 11.6 Å². The lowest BCUT2D eigenvalue weighted by molar-refractivity contribution is -0.131. The number of aromatic amines is 1. The van der Waals surface area contributed by atoms with Gasteiger partial charge in [-0.25, -0.2) is 13.8 Å². The van der Waals surface area contributed by atoms with Crippen LogP contribution in [0.5, 0.6) is 0 Å². The molecule has 0 saturated carbocycles. The third kappa shape index (κ3) is 3.55. The molecule has 9 heteroatoms. The van der Waals surface area contributed by atoms with Gasteiger partial charge in [-0.1, -0.05) is 11.6 Å². The molecular weight excluding hydrogens is 402 g/mol. The van der Waals surface area contributed by atoms with Crippen molar-refractivity contribution in [2.45, 2.75) is 19.4 Å². The van der Waals surface area contributed by atoms with Gasteiger partial charge in [-0.3, -0.25) is 9.59 Å². The van der Waals surface area contributed by atoms with Crippen LogP contribution in [0.25, 0.3) is 10.9 Å². The van der Waals surface area contributed by atoms with E-state index in [9.17, 15) is 18.4 Å². The zero-order valence-electron chi connectivity index (χ0n) is 15.4. The van der Waals surface area contributed by atoms with Crippen molar-refractivity contribution in [3.8, 4) is 0 Å². The van der Waals surface area contributed by atoms with Crippen molar-refractivity contribution in [3.63, 3.8) is 0 Å². The van der Waals surface area contributed by atoms with Crippen molar-refractivity contribution >= 4 is 34.1 Å². The summed E-state index contributed by atoms with van der Waals surface area (Å²) in [6, 6.07) is 4.95. The summed E-state index contributed by atoms with van der Waals surface area (Å²) in [5, 5.41) is 3.21. The number of carbonyl (C=O) groups is 1. The predicted molar refractivity (Wildman–Crippen MR) is 106 cm³/mol. The topological polar surface area (TPSA) is 78.1 Å². The van der Waals surface area contributed by atoms with Crippen LogP contribution in [0.15, 0.2) is 35.4 Å². The molecule has 0 saturated heterocycles. The number of amides is 1. The van der Waals surface area contributed by atoms with E-state index in [0.717, 1.165) is 11.6 Å². The first-order valence-corrected chi connectivity index (χ1v) is 9.41. The summed E-state index contributed by atoms with van der Waals surface area (Å²) in [6.45, 7) is 1.98. The lowest BCUT2D eigenvalue weighted by Crippen LogP contribution is -2.42. The van der Waals surface area contributed by atoms with Gasteiger partial charge in [0.05, 0.1) is 35.5 Å². The summed E-state index contributed by atoms with van der Waals surface area (Å²) < 4.78 is 28.7. The first kappa shape index (κ1) is 19.3. The normalized spacial score (nSPS) is 16.0. The Morgan fingerprint density at radius 1 is 1.31 bits per heavy atom. The molecule has 6 nitrogen and oxygen atoms in total. The van der Waals surface area contributed by atoms with E-state index >= 15 is 0 Å². The van der Waals surface area contributed by atoms with E-state index in [-0.39, 0.29) is 23.5 Å². The second-order valence-corrected chi connectivity index (χ2v) is 7.34. The second kappa shape index (κ2) is 7.44. The highest BCUT2D eigenvalue weighted by molar-refractivity contribution is 6.30. The maximum absolute atomic E-state index is 14.4. The van der Waals surface area contributed by atoms with Crippen LogP contribution >= 0.6 is 11.6 Å². The van der Waals surface area contributed by atoms with Crippen molar-refractivity contribution in [2.24, 2.45) is 0 Å². The number of nitrogens with zero attached hydrogens (tertiary/aromatic N) is 2. The van der Waals surface area contributed by atoms with Gasteiger partial charge >= 0.3 is 0 Å². The first-order valence-electron chi connectivity index (χ1n) is 9.03. The van der Waals surface area contributed by atoms with E-state index < -0.39 is 23.2 Å². The average molecular weight is 419 g/mol. The lowest BCUT2D eigenvalue weighted by atomic mass is 9.93. The van der Waals surface area contributed by atoms with Crippen LogP contribution in [-0.4, -0.2) is 33.9 Å². The largest absolute Gasteiger partial charge is 0.374 e. The van der Waals surface area contributed by atoms with Gasteiger partial charge in [0.25, 0.3) is 5.56 Å². The summed E-state index contributed by atoms with van der Waals surface area (Å²) >= 11 is 5.92. The molecule has 0 radical (unpaired) electrons. The number of H-pyrrole nitrogens is 1. The molecule has 1 unspecified atom stereocenters. The van der Waals surface area contributed by atoms with Gasteiger partial charge in [-0.2, -0.15) is 0 Å². The van der Waals surface area contributed by atoms with Gasteiger partial charge in [0, 0.05) is 17.1 Å². The molecule has 3 aromatic rings. The maximum Gasteiger partial charge on any atom is 0.258 e. The molecule has 1 atom stereocenters. The Bertz CT molecular complexity index is 1180. The van der Waals surface area contributed by atoms with Gasteiger partial charge in [0.15, 0.2) is 0 Å².